The van der Waals surface area contributed by atoms with Crippen molar-refractivity contribution in [1.29, 1.82) is 0 Å². The minimum absolute atomic E-state index is 0.0495. The standard InChI is InChI=1S/C14H16Cl2O2/c15-12-6-5-11(7-13(12)16)14(17)9-18-8-10-3-1-2-4-10/h5-7,10H,1-4,8-9H2. The second-order valence-corrected chi connectivity index (χ2v) is 5.53. The van der Waals surface area contributed by atoms with Crippen LogP contribution in [0.15, 0.2) is 18.2 Å². The van der Waals surface area contributed by atoms with E-state index in [1.54, 1.807) is 18.2 Å². The van der Waals surface area contributed by atoms with Gasteiger partial charge in [0.15, 0.2) is 5.78 Å². The van der Waals surface area contributed by atoms with E-state index in [9.17, 15) is 4.79 Å². The molecule has 4 heteroatoms. The van der Waals surface area contributed by atoms with Crippen molar-refractivity contribution in [2.75, 3.05) is 13.2 Å². The van der Waals surface area contributed by atoms with Gasteiger partial charge in [-0.1, -0.05) is 36.0 Å². The number of carbonyl (C=O) groups is 1. The fraction of sp³-hybridized carbons (Fsp3) is 0.500. The van der Waals surface area contributed by atoms with E-state index in [0.717, 1.165) is 0 Å². The maximum absolute atomic E-state index is 11.9. The zero-order valence-electron chi connectivity index (χ0n) is 10.1. The molecule has 0 heterocycles. The van der Waals surface area contributed by atoms with Gasteiger partial charge in [0.2, 0.25) is 0 Å². The molecule has 0 aromatic heterocycles. The van der Waals surface area contributed by atoms with E-state index < -0.39 is 0 Å². The molecule has 0 amide bonds. The molecule has 1 fully saturated rings. The first-order valence-electron chi connectivity index (χ1n) is 6.23. The molecule has 2 nitrogen and oxygen atoms in total. The van der Waals surface area contributed by atoms with E-state index >= 15 is 0 Å². The van der Waals surface area contributed by atoms with Gasteiger partial charge in [-0.05, 0) is 37.0 Å². The molecule has 1 aromatic carbocycles. The maximum Gasteiger partial charge on any atom is 0.188 e. The first-order chi connectivity index (χ1) is 8.66. The van der Waals surface area contributed by atoms with Crippen molar-refractivity contribution in [3.05, 3.63) is 33.8 Å². The lowest BCUT2D eigenvalue weighted by atomic mass is 10.1. The summed E-state index contributed by atoms with van der Waals surface area (Å²) in [5, 5.41) is 0.860. The summed E-state index contributed by atoms with van der Waals surface area (Å²) in [5.41, 5.74) is 0.552. The van der Waals surface area contributed by atoms with Gasteiger partial charge in [-0.3, -0.25) is 4.79 Å². The quantitative estimate of drug-likeness (QED) is 0.751. The van der Waals surface area contributed by atoms with Gasteiger partial charge >= 0.3 is 0 Å². The molecule has 18 heavy (non-hydrogen) atoms. The van der Waals surface area contributed by atoms with E-state index in [2.05, 4.69) is 0 Å². The van der Waals surface area contributed by atoms with Gasteiger partial charge in [0.05, 0.1) is 16.7 Å². The fourth-order valence-electron chi connectivity index (χ4n) is 2.25. The largest absolute Gasteiger partial charge is 0.373 e. The SMILES string of the molecule is O=C(COCC1CCCC1)c1ccc(Cl)c(Cl)c1. The van der Waals surface area contributed by atoms with Crippen molar-refractivity contribution in [2.45, 2.75) is 25.7 Å². The number of hydrogen-bond acceptors (Lipinski definition) is 2. The van der Waals surface area contributed by atoms with E-state index in [-0.39, 0.29) is 12.4 Å². The van der Waals surface area contributed by atoms with Crippen molar-refractivity contribution >= 4 is 29.0 Å². The van der Waals surface area contributed by atoms with Crippen molar-refractivity contribution in [3.8, 4) is 0 Å². The summed E-state index contributed by atoms with van der Waals surface area (Å²) >= 11 is 11.7. The lowest BCUT2D eigenvalue weighted by molar-refractivity contribution is 0.0681. The molecule has 1 saturated carbocycles. The highest BCUT2D eigenvalue weighted by atomic mass is 35.5. The molecule has 0 unspecified atom stereocenters. The number of Topliss-reactive ketones (excluding diaryl/α,β-unsaturated/α-hetero) is 1. The highest BCUT2D eigenvalue weighted by Gasteiger charge is 2.16. The first kappa shape index (κ1) is 13.9. The highest BCUT2D eigenvalue weighted by molar-refractivity contribution is 6.42. The third-order valence-electron chi connectivity index (χ3n) is 3.30. The van der Waals surface area contributed by atoms with Crippen LogP contribution in [-0.2, 0) is 4.74 Å². The van der Waals surface area contributed by atoms with E-state index in [0.29, 0.717) is 28.1 Å². The van der Waals surface area contributed by atoms with Crippen LogP contribution >= 0.6 is 23.2 Å². The molecule has 2 rings (SSSR count). The molecule has 1 aliphatic carbocycles. The van der Waals surface area contributed by atoms with Gasteiger partial charge in [0.1, 0.15) is 6.61 Å². The maximum atomic E-state index is 11.9. The summed E-state index contributed by atoms with van der Waals surface area (Å²) < 4.78 is 5.48. The van der Waals surface area contributed by atoms with Crippen molar-refractivity contribution in [2.24, 2.45) is 5.92 Å². The van der Waals surface area contributed by atoms with Crippen LogP contribution in [-0.4, -0.2) is 19.0 Å². The minimum Gasteiger partial charge on any atom is -0.373 e. The Balaban J connectivity index is 1.81. The zero-order chi connectivity index (χ0) is 13.0. The molecule has 0 atom stereocenters. The van der Waals surface area contributed by atoms with Crippen LogP contribution in [0.5, 0.6) is 0 Å². The van der Waals surface area contributed by atoms with Gasteiger partial charge in [-0.25, -0.2) is 0 Å². The normalized spacial score (nSPS) is 16.1. The molecular weight excluding hydrogens is 271 g/mol. The molecule has 0 radical (unpaired) electrons. The molecule has 0 spiro atoms. The van der Waals surface area contributed by atoms with Crippen LogP contribution in [0, 0.1) is 5.92 Å². The molecule has 1 aromatic rings. The van der Waals surface area contributed by atoms with Crippen molar-refractivity contribution in [1.82, 2.24) is 0 Å². The van der Waals surface area contributed by atoms with Crippen LogP contribution in [0.4, 0.5) is 0 Å². The second-order valence-electron chi connectivity index (χ2n) is 4.72. The Kier molecular flexibility index (Phi) is 5.04. The topological polar surface area (TPSA) is 26.3 Å². The molecule has 0 aliphatic heterocycles. The molecule has 0 bridgehead atoms. The number of ether oxygens (including phenoxy) is 1. The number of hydrogen-bond donors (Lipinski definition) is 0. The Morgan fingerprint density at radius 3 is 2.61 bits per heavy atom. The predicted molar refractivity (Wildman–Crippen MR) is 73.6 cm³/mol. The summed E-state index contributed by atoms with van der Waals surface area (Å²) in [6, 6.07) is 4.90. The summed E-state index contributed by atoms with van der Waals surface area (Å²) in [5.74, 6) is 0.582. The van der Waals surface area contributed by atoms with Gasteiger partial charge in [0, 0.05) is 5.56 Å². The van der Waals surface area contributed by atoms with Gasteiger partial charge in [0.25, 0.3) is 0 Å². The Morgan fingerprint density at radius 2 is 1.94 bits per heavy atom. The number of benzene rings is 1. The van der Waals surface area contributed by atoms with Crippen molar-refractivity contribution in [3.63, 3.8) is 0 Å². The molecule has 0 saturated heterocycles. The summed E-state index contributed by atoms with van der Waals surface area (Å²) in [7, 11) is 0. The van der Waals surface area contributed by atoms with Gasteiger partial charge in [-0.2, -0.15) is 0 Å². The summed E-state index contributed by atoms with van der Waals surface area (Å²) in [6.45, 7) is 0.807. The van der Waals surface area contributed by atoms with Crippen LogP contribution < -0.4 is 0 Å². The number of carbonyl (C=O) groups excluding carboxylic acids is 1. The minimum atomic E-state index is -0.0495. The average molecular weight is 287 g/mol. The number of rotatable bonds is 5. The Labute approximate surface area is 117 Å². The number of halogens is 2. The third kappa shape index (κ3) is 3.71. The molecule has 0 N–H and O–H groups in total. The summed E-state index contributed by atoms with van der Waals surface area (Å²) in [6.07, 6.45) is 5.02. The Bertz CT molecular complexity index is 426. The molecule has 1 aliphatic rings. The molecular formula is C14H16Cl2O2. The predicted octanol–water partition coefficient (Wildman–Crippen LogP) is 4.38. The second kappa shape index (κ2) is 6.55. The first-order valence-corrected chi connectivity index (χ1v) is 6.98. The lowest BCUT2D eigenvalue weighted by Gasteiger charge is -2.09. The van der Waals surface area contributed by atoms with Crippen LogP contribution in [0.1, 0.15) is 36.0 Å². The van der Waals surface area contributed by atoms with Crippen molar-refractivity contribution < 1.29 is 9.53 Å². The van der Waals surface area contributed by atoms with Crippen LogP contribution in [0.3, 0.4) is 0 Å². The Hall–Kier alpha value is -0.570. The van der Waals surface area contributed by atoms with Gasteiger partial charge in [-0.15, -0.1) is 0 Å². The van der Waals surface area contributed by atoms with E-state index in [1.807, 2.05) is 0 Å². The monoisotopic (exact) mass is 286 g/mol. The average Bonchev–Trinajstić information content (AvgIpc) is 2.85. The van der Waals surface area contributed by atoms with E-state index in [1.165, 1.54) is 25.7 Å². The fourth-order valence-corrected chi connectivity index (χ4v) is 2.55. The zero-order valence-corrected chi connectivity index (χ0v) is 11.6. The summed E-state index contributed by atoms with van der Waals surface area (Å²) in [4.78, 5) is 11.9. The van der Waals surface area contributed by atoms with E-state index in [4.69, 9.17) is 27.9 Å². The highest BCUT2D eigenvalue weighted by Crippen LogP contribution is 2.25. The smallest absolute Gasteiger partial charge is 0.188 e. The number of ketones is 1. The van der Waals surface area contributed by atoms with Crippen LogP contribution in [0.2, 0.25) is 10.0 Å². The lowest BCUT2D eigenvalue weighted by Crippen LogP contribution is -2.13. The Morgan fingerprint density at radius 1 is 1.22 bits per heavy atom. The third-order valence-corrected chi connectivity index (χ3v) is 4.04. The van der Waals surface area contributed by atoms with Crippen LogP contribution in [0.25, 0.3) is 0 Å². The van der Waals surface area contributed by atoms with Gasteiger partial charge < -0.3 is 4.74 Å². The molecule has 98 valence electrons.